The standard InChI is InChI=1S/C19H23N5/c1-14-9-19(22-13-21-14)23-16-5-4-8-24(12-16)11-15-10-20-18-7-3-2-6-17(15)18/h2-3,6-7,9-10,13,16,20H,4-5,8,11-12H2,1H3,(H,21,22,23). The summed E-state index contributed by atoms with van der Waals surface area (Å²) in [6, 6.07) is 11.0. The number of para-hydroxylation sites is 1. The lowest BCUT2D eigenvalue weighted by molar-refractivity contribution is 0.209. The van der Waals surface area contributed by atoms with Gasteiger partial charge < -0.3 is 10.3 Å². The van der Waals surface area contributed by atoms with Gasteiger partial charge in [0.2, 0.25) is 0 Å². The van der Waals surface area contributed by atoms with Crippen molar-refractivity contribution in [3.8, 4) is 0 Å². The molecule has 2 aromatic heterocycles. The van der Waals surface area contributed by atoms with Crippen LogP contribution in [0.2, 0.25) is 0 Å². The highest BCUT2D eigenvalue weighted by atomic mass is 15.2. The zero-order chi connectivity index (χ0) is 16.4. The molecule has 5 nitrogen and oxygen atoms in total. The van der Waals surface area contributed by atoms with E-state index >= 15 is 0 Å². The Hall–Kier alpha value is -2.40. The Morgan fingerprint density at radius 3 is 3.12 bits per heavy atom. The Balaban J connectivity index is 1.43. The van der Waals surface area contributed by atoms with Crippen molar-refractivity contribution in [1.29, 1.82) is 0 Å². The number of hydrogen-bond donors (Lipinski definition) is 2. The smallest absolute Gasteiger partial charge is 0.129 e. The summed E-state index contributed by atoms with van der Waals surface area (Å²) < 4.78 is 0. The molecule has 4 rings (SSSR count). The molecule has 1 fully saturated rings. The molecule has 2 N–H and O–H groups in total. The molecule has 1 aliphatic rings. The van der Waals surface area contributed by atoms with E-state index in [0.717, 1.165) is 31.1 Å². The largest absolute Gasteiger partial charge is 0.366 e. The monoisotopic (exact) mass is 321 g/mol. The first-order valence-electron chi connectivity index (χ1n) is 8.60. The minimum Gasteiger partial charge on any atom is -0.366 e. The summed E-state index contributed by atoms with van der Waals surface area (Å²) in [5, 5.41) is 4.90. The fraction of sp³-hybridized carbons (Fsp3) is 0.368. The number of anilines is 1. The summed E-state index contributed by atoms with van der Waals surface area (Å²) >= 11 is 0. The normalized spacial score (nSPS) is 18.8. The molecule has 5 heteroatoms. The van der Waals surface area contributed by atoms with Gasteiger partial charge in [-0.2, -0.15) is 0 Å². The first kappa shape index (κ1) is 15.1. The first-order valence-corrected chi connectivity index (χ1v) is 8.60. The van der Waals surface area contributed by atoms with Crippen LogP contribution in [0.25, 0.3) is 10.9 Å². The second kappa shape index (κ2) is 6.61. The number of nitrogens with zero attached hydrogens (tertiary/aromatic N) is 3. The third kappa shape index (κ3) is 3.26. The first-order chi connectivity index (χ1) is 11.8. The zero-order valence-electron chi connectivity index (χ0n) is 14.0. The lowest BCUT2D eigenvalue weighted by Crippen LogP contribution is -2.41. The number of piperidine rings is 1. The highest BCUT2D eigenvalue weighted by Crippen LogP contribution is 2.22. The minimum atomic E-state index is 0.443. The van der Waals surface area contributed by atoms with Gasteiger partial charge >= 0.3 is 0 Å². The van der Waals surface area contributed by atoms with Crippen LogP contribution in [-0.4, -0.2) is 39.0 Å². The number of H-pyrrole nitrogens is 1. The summed E-state index contributed by atoms with van der Waals surface area (Å²) in [6.45, 7) is 5.19. The lowest BCUT2D eigenvalue weighted by atomic mass is 10.0. The van der Waals surface area contributed by atoms with Crippen molar-refractivity contribution in [3.63, 3.8) is 0 Å². The summed E-state index contributed by atoms with van der Waals surface area (Å²) in [6.07, 6.45) is 6.18. The van der Waals surface area contributed by atoms with E-state index in [1.54, 1.807) is 6.33 Å². The SMILES string of the molecule is Cc1cc(NC2CCCN(Cc3c[nH]c4ccccc34)C2)ncn1. The predicted molar refractivity (Wildman–Crippen MR) is 97.0 cm³/mol. The summed E-state index contributed by atoms with van der Waals surface area (Å²) in [7, 11) is 0. The number of likely N-dealkylation sites (tertiary alicyclic amines) is 1. The number of fused-ring (bicyclic) bond motifs is 1. The summed E-state index contributed by atoms with van der Waals surface area (Å²) in [5.41, 5.74) is 3.60. The van der Waals surface area contributed by atoms with Gasteiger partial charge in [-0.25, -0.2) is 9.97 Å². The van der Waals surface area contributed by atoms with Gasteiger partial charge in [-0.15, -0.1) is 0 Å². The van der Waals surface area contributed by atoms with Crippen LogP contribution < -0.4 is 5.32 Å². The van der Waals surface area contributed by atoms with Gasteiger partial charge in [-0.05, 0) is 37.9 Å². The maximum Gasteiger partial charge on any atom is 0.129 e. The van der Waals surface area contributed by atoms with E-state index in [9.17, 15) is 0 Å². The van der Waals surface area contributed by atoms with Gasteiger partial charge in [0.05, 0.1) is 0 Å². The Bertz CT molecular complexity index is 825. The van der Waals surface area contributed by atoms with Gasteiger partial charge in [0, 0.05) is 48.0 Å². The molecule has 1 unspecified atom stereocenters. The number of nitrogens with one attached hydrogen (secondary N) is 2. The number of benzene rings is 1. The number of aromatic amines is 1. The maximum atomic E-state index is 4.33. The zero-order valence-corrected chi connectivity index (χ0v) is 14.0. The van der Waals surface area contributed by atoms with E-state index in [0.29, 0.717) is 6.04 Å². The fourth-order valence-corrected chi connectivity index (χ4v) is 3.56. The van der Waals surface area contributed by atoms with Crippen LogP contribution in [0.15, 0.2) is 42.9 Å². The molecule has 0 bridgehead atoms. The average Bonchev–Trinajstić information content (AvgIpc) is 2.99. The van der Waals surface area contributed by atoms with Crippen molar-refractivity contribution < 1.29 is 0 Å². The summed E-state index contributed by atoms with van der Waals surface area (Å²) in [4.78, 5) is 14.4. The molecule has 0 aliphatic carbocycles. The number of aryl methyl sites for hydroxylation is 1. The number of aromatic nitrogens is 3. The quantitative estimate of drug-likeness (QED) is 0.774. The van der Waals surface area contributed by atoms with Crippen molar-refractivity contribution in [1.82, 2.24) is 19.9 Å². The molecule has 1 atom stereocenters. The van der Waals surface area contributed by atoms with E-state index < -0.39 is 0 Å². The van der Waals surface area contributed by atoms with Crippen LogP contribution >= 0.6 is 0 Å². The van der Waals surface area contributed by atoms with Crippen LogP contribution in [0.3, 0.4) is 0 Å². The van der Waals surface area contributed by atoms with Crippen LogP contribution in [0.4, 0.5) is 5.82 Å². The minimum absolute atomic E-state index is 0.443. The van der Waals surface area contributed by atoms with Crippen molar-refractivity contribution in [2.24, 2.45) is 0 Å². The fourth-order valence-electron chi connectivity index (χ4n) is 3.56. The second-order valence-corrected chi connectivity index (χ2v) is 6.62. The molecule has 1 aliphatic heterocycles. The molecule has 3 heterocycles. The molecule has 1 aromatic carbocycles. The highest BCUT2D eigenvalue weighted by Gasteiger charge is 2.21. The van der Waals surface area contributed by atoms with Gasteiger partial charge in [0.25, 0.3) is 0 Å². The Morgan fingerprint density at radius 2 is 2.21 bits per heavy atom. The van der Waals surface area contributed by atoms with E-state index in [1.807, 2.05) is 13.0 Å². The van der Waals surface area contributed by atoms with Crippen molar-refractivity contribution in [3.05, 3.63) is 54.1 Å². The van der Waals surface area contributed by atoms with Gasteiger partial charge in [0.1, 0.15) is 12.1 Å². The molecule has 0 spiro atoms. The molecule has 0 amide bonds. The van der Waals surface area contributed by atoms with Gasteiger partial charge in [-0.1, -0.05) is 18.2 Å². The van der Waals surface area contributed by atoms with Crippen LogP contribution in [-0.2, 0) is 6.54 Å². The Labute approximate surface area is 142 Å². The molecule has 1 saturated heterocycles. The molecule has 24 heavy (non-hydrogen) atoms. The maximum absolute atomic E-state index is 4.33. The number of hydrogen-bond acceptors (Lipinski definition) is 4. The number of rotatable bonds is 4. The van der Waals surface area contributed by atoms with E-state index in [1.165, 1.54) is 29.3 Å². The lowest BCUT2D eigenvalue weighted by Gasteiger charge is -2.33. The van der Waals surface area contributed by atoms with Gasteiger partial charge in [0.15, 0.2) is 0 Å². The van der Waals surface area contributed by atoms with E-state index in [2.05, 4.69) is 55.6 Å². The highest BCUT2D eigenvalue weighted by molar-refractivity contribution is 5.82. The molecular formula is C19H23N5. The third-order valence-electron chi connectivity index (χ3n) is 4.73. The van der Waals surface area contributed by atoms with Crippen molar-refractivity contribution >= 4 is 16.7 Å². The van der Waals surface area contributed by atoms with Crippen molar-refractivity contribution in [2.75, 3.05) is 18.4 Å². The topological polar surface area (TPSA) is 56.8 Å². The third-order valence-corrected chi connectivity index (χ3v) is 4.73. The van der Waals surface area contributed by atoms with E-state index in [4.69, 9.17) is 0 Å². The summed E-state index contributed by atoms with van der Waals surface area (Å²) in [5.74, 6) is 0.932. The molecule has 0 saturated carbocycles. The second-order valence-electron chi connectivity index (χ2n) is 6.62. The molecule has 3 aromatic rings. The Morgan fingerprint density at radius 1 is 1.29 bits per heavy atom. The molecule has 0 radical (unpaired) electrons. The van der Waals surface area contributed by atoms with Crippen LogP contribution in [0.5, 0.6) is 0 Å². The van der Waals surface area contributed by atoms with Crippen LogP contribution in [0, 0.1) is 6.92 Å². The van der Waals surface area contributed by atoms with Gasteiger partial charge in [-0.3, -0.25) is 4.90 Å². The predicted octanol–water partition coefficient (Wildman–Crippen LogP) is 3.34. The Kier molecular flexibility index (Phi) is 4.17. The van der Waals surface area contributed by atoms with Crippen molar-refractivity contribution in [2.45, 2.75) is 32.4 Å². The van der Waals surface area contributed by atoms with Crippen LogP contribution in [0.1, 0.15) is 24.1 Å². The van der Waals surface area contributed by atoms with E-state index in [-0.39, 0.29) is 0 Å². The average molecular weight is 321 g/mol. The molecular weight excluding hydrogens is 298 g/mol. The molecule has 124 valence electrons.